The molecule has 2 aliphatic rings. The summed E-state index contributed by atoms with van der Waals surface area (Å²) in [6.45, 7) is 1.21. The van der Waals surface area contributed by atoms with Crippen LogP contribution in [-0.2, 0) is 0 Å². The number of aromatic nitrogens is 1. The van der Waals surface area contributed by atoms with E-state index in [9.17, 15) is 0 Å². The Hall–Kier alpha value is -1.05. The summed E-state index contributed by atoms with van der Waals surface area (Å²) < 4.78 is 0. The van der Waals surface area contributed by atoms with Crippen molar-refractivity contribution in [3.05, 3.63) is 24.4 Å². The van der Waals surface area contributed by atoms with Crippen LogP contribution in [0.5, 0.6) is 0 Å². The predicted octanol–water partition coefficient (Wildman–Crippen LogP) is 2.85. The quantitative estimate of drug-likeness (QED) is 0.696. The Labute approximate surface area is 91.3 Å². The van der Waals surface area contributed by atoms with Crippen molar-refractivity contribution in [2.45, 2.75) is 38.1 Å². The molecule has 0 radical (unpaired) electrons. The van der Waals surface area contributed by atoms with Crippen molar-refractivity contribution in [3.63, 3.8) is 0 Å². The average Bonchev–Trinajstić information content (AvgIpc) is 2.74. The minimum absolute atomic E-state index is 0.786. The molecule has 2 nitrogen and oxygen atoms in total. The molecule has 1 aromatic rings. The van der Waals surface area contributed by atoms with Crippen LogP contribution >= 0.6 is 0 Å². The minimum Gasteiger partial charge on any atom is -0.353 e. The summed E-state index contributed by atoms with van der Waals surface area (Å²) in [7, 11) is 0. The summed E-state index contributed by atoms with van der Waals surface area (Å²) in [5.41, 5.74) is 0. The van der Waals surface area contributed by atoms with Gasteiger partial charge in [-0.25, -0.2) is 4.98 Å². The maximum Gasteiger partial charge on any atom is 0.128 e. The van der Waals surface area contributed by atoms with E-state index in [-0.39, 0.29) is 0 Å². The fourth-order valence-electron chi connectivity index (χ4n) is 3.21. The van der Waals surface area contributed by atoms with Crippen LogP contribution < -0.4 is 4.90 Å². The monoisotopic (exact) mass is 202 g/mol. The zero-order valence-corrected chi connectivity index (χ0v) is 9.10. The van der Waals surface area contributed by atoms with Crippen molar-refractivity contribution in [2.75, 3.05) is 11.4 Å². The van der Waals surface area contributed by atoms with Gasteiger partial charge in [0, 0.05) is 18.8 Å². The highest BCUT2D eigenvalue weighted by Gasteiger charge is 2.35. The summed E-state index contributed by atoms with van der Waals surface area (Å²) in [5, 5.41) is 0. The third-order valence-corrected chi connectivity index (χ3v) is 3.95. The van der Waals surface area contributed by atoms with Gasteiger partial charge in [0.2, 0.25) is 0 Å². The molecule has 0 N–H and O–H groups in total. The smallest absolute Gasteiger partial charge is 0.128 e. The first-order valence-electron chi connectivity index (χ1n) is 6.13. The minimum atomic E-state index is 0.786. The molecule has 2 atom stereocenters. The molecule has 2 fully saturated rings. The molecular formula is C13H18N2. The fraction of sp³-hybridized carbons (Fsp3) is 0.615. The van der Waals surface area contributed by atoms with Crippen LogP contribution in [0.3, 0.4) is 0 Å². The van der Waals surface area contributed by atoms with Crippen LogP contribution in [0.1, 0.15) is 32.1 Å². The van der Waals surface area contributed by atoms with E-state index in [4.69, 9.17) is 0 Å². The predicted molar refractivity (Wildman–Crippen MR) is 61.9 cm³/mol. The second-order valence-electron chi connectivity index (χ2n) is 4.78. The lowest BCUT2D eigenvalue weighted by Crippen LogP contribution is -2.35. The van der Waals surface area contributed by atoms with Crippen molar-refractivity contribution in [2.24, 2.45) is 5.92 Å². The molecule has 1 aliphatic heterocycles. The van der Waals surface area contributed by atoms with Gasteiger partial charge < -0.3 is 4.90 Å². The Morgan fingerprint density at radius 2 is 2.07 bits per heavy atom. The highest BCUT2D eigenvalue weighted by atomic mass is 15.2. The molecule has 80 valence electrons. The largest absolute Gasteiger partial charge is 0.353 e. The maximum atomic E-state index is 4.48. The summed E-state index contributed by atoms with van der Waals surface area (Å²) in [6, 6.07) is 7.03. The van der Waals surface area contributed by atoms with E-state index in [1.807, 2.05) is 12.3 Å². The van der Waals surface area contributed by atoms with Crippen LogP contribution in [0, 0.1) is 5.92 Å². The molecule has 0 aromatic carbocycles. The zero-order valence-electron chi connectivity index (χ0n) is 9.10. The van der Waals surface area contributed by atoms with Gasteiger partial charge >= 0.3 is 0 Å². The van der Waals surface area contributed by atoms with Crippen LogP contribution in [0.15, 0.2) is 24.4 Å². The Morgan fingerprint density at radius 3 is 2.93 bits per heavy atom. The first-order valence-corrected chi connectivity index (χ1v) is 6.13. The third kappa shape index (κ3) is 1.62. The molecule has 1 aromatic heterocycles. The van der Waals surface area contributed by atoms with E-state index in [1.54, 1.807) is 0 Å². The van der Waals surface area contributed by atoms with Gasteiger partial charge in [-0.1, -0.05) is 18.9 Å². The van der Waals surface area contributed by atoms with Crippen molar-refractivity contribution in [1.82, 2.24) is 4.98 Å². The van der Waals surface area contributed by atoms with E-state index in [2.05, 4.69) is 22.0 Å². The van der Waals surface area contributed by atoms with Crippen LogP contribution in [0.4, 0.5) is 5.82 Å². The number of nitrogens with zero attached hydrogens (tertiary/aromatic N) is 2. The van der Waals surface area contributed by atoms with E-state index in [1.165, 1.54) is 44.5 Å². The summed E-state index contributed by atoms with van der Waals surface area (Å²) in [4.78, 5) is 7.01. The summed E-state index contributed by atoms with van der Waals surface area (Å²) in [5.74, 6) is 2.13. The van der Waals surface area contributed by atoms with Gasteiger partial charge in [-0.3, -0.25) is 0 Å². The summed E-state index contributed by atoms with van der Waals surface area (Å²) >= 11 is 0. The molecular weight excluding hydrogens is 184 g/mol. The standard InChI is InChI=1S/C13H18N2/c1-2-6-12-11(5-1)8-10-15(12)13-7-3-4-9-14-13/h3-4,7,9,11-12H,1-2,5-6,8,10H2/t11-,12-/m1/s1. The van der Waals surface area contributed by atoms with E-state index in [0.29, 0.717) is 0 Å². The molecule has 3 rings (SSSR count). The maximum absolute atomic E-state index is 4.48. The van der Waals surface area contributed by atoms with Gasteiger partial charge in [-0.15, -0.1) is 0 Å². The molecule has 0 amide bonds. The van der Waals surface area contributed by atoms with Crippen molar-refractivity contribution in [1.29, 1.82) is 0 Å². The highest BCUT2D eigenvalue weighted by molar-refractivity contribution is 5.41. The van der Waals surface area contributed by atoms with Gasteiger partial charge in [-0.05, 0) is 37.3 Å². The number of hydrogen-bond acceptors (Lipinski definition) is 2. The zero-order chi connectivity index (χ0) is 10.1. The second kappa shape index (κ2) is 3.84. The molecule has 1 saturated carbocycles. The van der Waals surface area contributed by atoms with Gasteiger partial charge in [0.25, 0.3) is 0 Å². The molecule has 1 aliphatic carbocycles. The first-order chi connectivity index (χ1) is 7.45. The van der Waals surface area contributed by atoms with E-state index in [0.717, 1.165) is 12.0 Å². The molecule has 1 saturated heterocycles. The van der Waals surface area contributed by atoms with Crippen molar-refractivity contribution < 1.29 is 0 Å². The van der Waals surface area contributed by atoms with Crippen LogP contribution in [0.25, 0.3) is 0 Å². The Morgan fingerprint density at radius 1 is 1.13 bits per heavy atom. The van der Waals surface area contributed by atoms with Gasteiger partial charge in [-0.2, -0.15) is 0 Å². The lowest BCUT2D eigenvalue weighted by Gasteiger charge is -2.32. The van der Waals surface area contributed by atoms with Crippen LogP contribution in [0.2, 0.25) is 0 Å². The number of fused-ring (bicyclic) bond motifs is 1. The summed E-state index contributed by atoms with van der Waals surface area (Å²) in [6.07, 6.45) is 8.95. The Bertz CT molecular complexity index is 323. The molecule has 0 spiro atoms. The van der Waals surface area contributed by atoms with Crippen molar-refractivity contribution in [3.8, 4) is 0 Å². The van der Waals surface area contributed by atoms with Crippen molar-refractivity contribution >= 4 is 5.82 Å². The Kier molecular flexibility index (Phi) is 2.35. The normalized spacial score (nSPS) is 30.3. The topological polar surface area (TPSA) is 16.1 Å². The molecule has 0 unspecified atom stereocenters. The number of hydrogen-bond donors (Lipinski definition) is 0. The second-order valence-corrected chi connectivity index (χ2v) is 4.78. The SMILES string of the molecule is c1ccc(N2CC[C@H]3CCCC[C@H]32)nc1. The fourth-order valence-corrected chi connectivity index (χ4v) is 3.21. The van der Waals surface area contributed by atoms with Gasteiger partial charge in [0.05, 0.1) is 0 Å². The average molecular weight is 202 g/mol. The molecule has 2 heteroatoms. The van der Waals surface area contributed by atoms with Gasteiger partial charge in [0.15, 0.2) is 0 Å². The first kappa shape index (κ1) is 9.20. The molecule has 0 bridgehead atoms. The molecule has 2 heterocycles. The third-order valence-electron chi connectivity index (χ3n) is 3.95. The highest BCUT2D eigenvalue weighted by Crippen LogP contribution is 2.37. The number of rotatable bonds is 1. The van der Waals surface area contributed by atoms with E-state index < -0.39 is 0 Å². The lowest BCUT2D eigenvalue weighted by molar-refractivity contribution is 0.341. The van der Waals surface area contributed by atoms with Gasteiger partial charge in [0.1, 0.15) is 5.82 Å². The van der Waals surface area contributed by atoms with Crippen LogP contribution in [-0.4, -0.2) is 17.6 Å². The lowest BCUT2D eigenvalue weighted by atomic mass is 9.85. The molecule has 15 heavy (non-hydrogen) atoms. The Balaban J connectivity index is 1.82. The number of pyridine rings is 1. The number of anilines is 1. The van der Waals surface area contributed by atoms with E-state index >= 15 is 0 Å².